The molecule has 7 rings (SSSR count). The van der Waals surface area contributed by atoms with E-state index in [0.29, 0.717) is 35.0 Å². The van der Waals surface area contributed by atoms with Crippen molar-refractivity contribution in [1.82, 2.24) is 0 Å². The maximum Gasteiger partial charge on any atom is 0.317 e. The average molecular weight is 713 g/mol. The molecule has 11 atom stereocenters. The highest BCUT2D eigenvalue weighted by atomic mass is 16.7. The van der Waals surface area contributed by atoms with Crippen LogP contribution in [-0.2, 0) is 19.1 Å². The first kappa shape index (κ1) is 34.9. The van der Waals surface area contributed by atoms with Gasteiger partial charge in [-0.2, -0.15) is 0 Å². The lowest BCUT2D eigenvalue weighted by Crippen LogP contribution is -2.66. The van der Waals surface area contributed by atoms with Crippen molar-refractivity contribution < 1.29 is 68.3 Å². The van der Waals surface area contributed by atoms with Crippen LogP contribution in [0.1, 0.15) is 42.4 Å². The van der Waals surface area contributed by atoms with E-state index in [0.717, 1.165) is 12.0 Å². The number of esters is 1. The Morgan fingerprint density at radius 3 is 2.51 bits per heavy atom. The number of carboxylic acid groups (broad SMARTS) is 1. The van der Waals surface area contributed by atoms with Gasteiger partial charge in [0.15, 0.2) is 17.6 Å². The maximum absolute atomic E-state index is 12.2. The van der Waals surface area contributed by atoms with Crippen molar-refractivity contribution in [2.24, 2.45) is 23.3 Å². The van der Waals surface area contributed by atoms with Crippen molar-refractivity contribution in [3.63, 3.8) is 0 Å². The minimum absolute atomic E-state index is 0.00271. The van der Waals surface area contributed by atoms with E-state index in [4.69, 9.17) is 49.7 Å². The van der Waals surface area contributed by atoms with Gasteiger partial charge in [0.1, 0.15) is 59.8 Å². The highest BCUT2D eigenvalue weighted by Crippen LogP contribution is 2.66. The number of ether oxygens (including phenoxy) is 7. The smallest absolute Gasteiger partial charge is 0.317 e. The van der Waals surface area contributed by atoms with Crippen molar-refractivity contribution in [1.29, 1.82) is 0 Å². The first-order valence-corrected chi connectivity index (χ1v) is 16.5. The summed E-state index contributed by atoms with van der Waals surface area (Å²) in [5.41, 5.74) is 12.4. The molecule has 3 heterocycles. The first-order chi connectivity index (χ1) is 24.4. The number of fused-ring (bicyclic) bond motifs is 8. The Bertz CT molecular complexity index is 1760. The zero-order chi connectivity index (χ0) is 36.4. The SMILES string of the molecule is COc1ccc2c(c1OC)O[C@@H]1c3ccc(O[C@H]4O[C@H]([C@H](OC(=O)CC(=O)O)C(N)N)[C@@H](O)[C@H](O)[C@H]4O)cc3O[C@]3(CC[C@@H]4C=C(O)C=C[C@H]43)[C@@H]21. The molecule has 2 fully saturated rings. The number of benzene rings is 2. The summed E-state index contributed by atoms with van der Waals surface area (Å²) in [5.74, 6) is -0.823. The molecule has 16 nitrogen and oxygen atoms in total. The minimum Gasteiger partial charge on any atom is -0.508 e. The number of allylic oxidation sites excluding steroid dienone is 2. The van der Waals surface area contributed by atoms with Crippen LogP contribution in [0.15, 0.2) is 54.3 Å². The molecule has 0 aromatic heterocycles. The van der Waals surface area contributed by atoms with Gasteiger partial charge in [-0.15, -0.1) is 0 Å². The van der Waals surface area contributed by atoms with Crippen LogP contribution in [0.5, 0.6) is 28.7 Å². The summed E-state index contributed by atoms with van der Waals surface area (Å²) in [6.07, 6.45) is -6.51. The number of carbonyl (C=O) groups is 2. The number of hydrogen-bond donors (Lipinski definition) is 7. The maximum atomic E-state index is 12.2. The van der Waals surface area contributed by atoms with Crippen LogP contribution in [0, 0.1) is 11.8 Å². The summed E-state index contributed by atoms with van der Waals surface area (Å²) in [6.45, 7) is 0. The van der Waals surface area contributed by atoms with E-state index in [1.165, 1.54) is 0 Å². The molecule has 2 aromatic rings. The fourth-order valence-electron chi connectivity index (χ4n) is 8.19. The lowest BCUT2D eigenvalue weighted by Gasteiger charge is -2.47. The highest BCUT2D eigenvalue weighted by molar-refractivity contribution is 5.90. The lowest BCUT2D eigenvalue weighted by molar-refractivity contribution is -0.291. The minimum atomic E-state index is -1.86. The van der Waals surface area contributed by atoms with Crippen molar-refractivity contribution >= 4 is 11.9 Å². The largest absolute Gasteiger partial charge is 0.508 e. The number of nitrogens with two attached hydrogens (primary N) is 2. The van der Waals surface area contributed by atoms with Crippen molar-refractivity contribution in [2.75, 3.05) is 14.2 Å². The molecule has 0 bridgehead atoms. The highest BCUT2D eigenvalue weighted by Gasteiger charge is 2.63. The van der Waals surface area contributed by atoms with Gasteiger partial charge in [0.05, 0.1) is 26.3 Å². The standard InChI is InChI=1S/C35H40N2O14/c1-45-20-8-6-18-24-28(49-29(18)30(20)46-2)17-5-4-16(12-21(17)51-35(24)10-9-14-11-15(38)3-7-19(14)35)47-34-27(44)25(42)26(43)31(50-34)32(33(36)37)48-23(41)13-22(39)40/h3-8,11-12,14,19,24-28,31-34,38,42-44H,9-10,13,36-37H2,1-2H3,(H,39,40)/t14-,19-,24+,25+,26+,27-,28-,31+,32+,34+,35+/m1/s1. The Labute approximate surface area is 291 Å². The monoisotopic (exact) mass is 712 g/mol. The molecule has 2 aliphatic carbocycles. The van der Waals surface area contributed by atoms with E-state index in [1.807, 2.05) is 24.3 Å². The quantitative estimate of drug-likeness (QED) is 0.108. The molecule has 2 aromatic carbocycles. The number of hydrogen-bond acceptors (Lipinski definition) is 15. The molecule has 5 aliphatic rings. The van der Waals surface area contributed by atoms with Crippen LogP contribution in [0.3, 0.4) is 0 Å². The molecule has 0 unspecified atom stereocenters. The summed E-state index contributed by atoms with van der Waals surface area (Å²) in [4.78, 5) is 23.2. The molecule has 0 radical (unpaired) electrons. The summed E-state index contributed by atoms with van der Waals surface area (Å²) >= 11 is 0. The molecule has 274 valence electrons. The Kier molecular flexibility index (Phi) is 9.02. The molecule has 51 heavy (non-hydrogen) atoms. The van der Waals surface area contributed by atoms with Gasteiger partial charge in [-0.05, 0) is 49.1 Å². The number of methoxy groups -OCH3 is 2. The second-order valence-electron chi connectivity index (χ2n) is 13.3. The van der Waals surface area contributed by atoms with E-state index < -0.39 is 73.0 Å². The van der Waals surface area contributed by atoms with Crippen molar-refractivity contribution in [3.8, 4) is 28.7 Å². The van der Waals surface area contributed by atoms with Crippen LogP contribution in [-0.4, -0.2) is 100 Å². The van der Waals surface area contributed by atoms with Gasteiger partial charge < -0.3 is 70.2 Å². The first-order valence-electron chi connectivity index (χ1n) is 16.5. The third kappa shape index (κ3) is 5.81. The lowest BCUT2D eigenvalue weighted by atomic mass is 9.68. The Balaban J connectivity index is 1.22. The van der Waals surface area contributed by atoms with Gasteiger partial charge in [-0.3, -0.25) is 9.59 Å². The van der Waals surface area contributed by atoms with Gasteiger partial charge in [0, 0.05) is 23.1 Å². The number of aliphatic hydroxyl groups is 4. The summed E-state index contributed by atoms with van der Waals surface area (Å²) in [6, 6.07) is 8.75. The summed E-state index contributed by atoms with van der Waals surface area (Å²) < 4.78 is 41.9. The molecular weight excluding hydrogens is 672 g/mol. The molecular formula is C35H40N2O14. The van der Waals surface area contributed by atoms with Crippen molar-refractivity contribution in [2.45, 2.75) is 79.9 Å². The van der Waals surface area contributed by atoms with Crippen LogP contribution < -0.4 is 35.2 Å². The molecule has 3 aliphatic heterocycles. The number of aliphatic carboxylic acids is 1. The molecule has 0 amide bonds. The second kappa shape index (κ2) is 13.2. The number of carbonyl (C=O) groups excluding carboxylic acids is 1. The zero-order valence-electron chi connectivity index (χ0n) is 27.7. The van der Waals surface area contributed by atoms with E-state index in [2.05, 4.69) is 0 Å². The molecule has 1 spiro atoms. The van der Waals surface area contributed by atoms with Crippen LogP contribution in [0.4, 0.5) is 0 Å². The van der Waals surface area contributed by atoms with Crippen LogP contribution in [0.25, 0.3) is 0 Å². The zero-order valence-corrected chi connectivity index (χ0v) is 27.7. The van der Waals surface area contributed by atoms with E-state index >= 15 is 0 Å². The van der Waals surface area contributed by atoms with Gasteiger partial charge in [0.2, 0.25) is 12.0 Å². The second-order valence-corrected chi connectivity index (χ2v) is 13.3. The van der Waals surface area contributed by atoms with E-state index in [1.54, 1.807) is 38.5 Å². The van der Waals surface area contributed by atoms with Gasteiger partial charge in [-0.1, -0.05) is 12.1 Å². The van der Waals surface area contributed by atoms with Crippen LogP contribution in [0.2, 0.25) is 0 Å². The van der Waals surface area contributed by atoms with E-state index in [-0.39, 0.29) is 29.3 Å². The van der Waals surface area contributed by atoms with Crippen LogP contribution >= 0.6 is 0 Å². The Morgan fingerprint density at radius 1 is 1.04 bits per heavy atom. The molecule has 16 heteroatoms. The topological polar surface area (TPSA) is 252 Å². The summed E-state index contributed by atoms with van der Waals surface area (Å²) in [5, 5.41) is 51.6. The third-order valence-corrected chi connectivity index (χ3v) is 10.4. The van der Waals surface area contributed by atoms with Gasteiger partial charge >= 0.3 is 11.9 Å². The number of rotatable bonds is 9. The number of aliphatic hydroxyl groups excluding tert-OH is 4. The molecule has 9 N–H and O–H groups in total. The predicted molar refractivity (Wildman–Crippen MR) is 173 cm³/mol. The third-order valence-electron chi connectivity index (χ3n) is 10.4. The Morgan fingerprint density at radius 2 is 1.80 bits per heavy atom. The summed E-state index contributed by atoms with van der Waals surface area (Å²) in [7, 11) is 3.09. The normalized spacial score (nSPS) is 33.5. The van der Waals surface area contributed by atoms with E-state index in [9.17, 15) is 30.0 Å². The van der Waals surface area contributed by atoms with Gasteiger partial charge in [-0.25, -0.2) is 0 Å². The fourth-order valence-corrected chi connectivity index (χ4v) is 8.19. The number of carboxylic acids is 1. The Hall–Kier alpha value is -4.58. The van der Waals surface area contributed by atoms with Gasteiger partial charge in [0.25, 0.3) is 0 Å². The fraction of sp³-hybridized carbons (Fsp3) is 0.486. The molecule has 1 saturated heterocycles. The average Bonchev–Trinajstić information content (AvgIpc) is 3.65. The van der Waals surface area contributed by atoms with Crippen molar-refractivity contribution in [3.05, 3.63) is 65.4 Å². The molecule has 1 saturated carbocycles. The predicted octanol–water partition coefficient (Wildman–Crippen LogP) is 0.907.